The lowest BCUT2D eigenvalue weighted by molar-refractivity contribution is -0.168. The predicted octanol–water partition coefficient (Wildman–Crippen LogP) is 13.1. The van der Waals surface area contributed by atoms with Crippen molar-refractivity contribution < 1.29 is 58.9 Å². The van der Waals surface area contributed by atoms with Crippen molar-refractivity contribution in [2.45, 2.75) is 104 Å². The minimum absolute atomic E-state index is 0.110. The molecule has 2 aromatic heterocycles. The molecule has 6 rings (SSSR count). The van der Waals surface area contributed by atoms with Gasteiger partial charge in [-0.05, 0) is 104 Å². The van der Waals surface area contributed by atoms with Gasteiger partial charge in [0.25, 0.3) is 0 Å². The van der Waals surface area contributed by atoms with Crippen LogP contribution >= 0.6 is 0 Å². The van der Waals surface area contributed by atoms with Gasteiger partial charge in [0.2, 0.25) is 0 Å². The monoisotopic (exact) mass is 922 g/mol. The maximum absolute atomic E-state index is 14.4. The summed E-state index contributed by atoms with van der Waals surface area (Å²) in [4.78, 5) is 38.6. The largest absolute Gasteiger partial charge is 0.491 e. The van der Waals surface area contributed by atoms with Crippen LogP contribution in [0.5, 0.6) is 11.5 Å². The number of hydrogen-bond acceptors (Lipinski definition) is 9. The molecule has 66 heavy (non-hydrogen) atoms. The molecule has 6 aromatic rings. The first-order chi connectivity index (χ1) is 31.5. The zero-order valence-corrected chi connectivity index (χ0v) is 37.2. The van der Waals surface area contributed by atoms with Crippen molar-refractivity contribution in [3.05, 3.63) is 128 Å². The van der Waals surface area contributed by atoms with E-state index >= 15 is 0 Å². The van der Waals surface area contributed by atoms with E-state index in [1.54, 1.807) is 19.1 Å². The van der Waals surface area contributed by atoms with Crippen LogP contribution in [0.1, 0.15) is 94.9 Å². The van der Waals surface area contributed by atoms with E-state index in [4.69, 9.17) is 27.8 Å². The molecule has 0 aliphatic carbocycles. The van der Waals surface area contributed by atoms with Crippen LogP contribution in [0.3, 0.4) is 0 Å². The van der Waals surface area contributed by atoms with Gasteiger partial charge in [-0.1, -0.05) is 77.6 Å². The number of fused-ring (bicyclic) bond motifs is 2. The lowest BCUT2D eigenvalue weighted by Crippen LogP contribution is -2.30. The highest BCUT2D eigenvalue weighted by molar-refractivity contribution is 5.85. The zero-order valence-electron chi connectivity index (χ0n) is 37.2. The fourth-order valence-corrected chi connectivity index (χ4v) is 7.37. The van der Waals surface area contributed by atoms with Gasteiger partial charge in [0, 0.05) is 21.9 Å². The Kier molecular flexibility index (Phi) is 16.4. The van der Waals surface area contributed by atoms with Gasteiger partial charge in [-0.3, -0.25) is 4.79 Å². The van der Waals surface area contributed by atoms with Crippen LogP contribution < -0.4 is 20.7 Å². The Morgan fingerprint density at radius 1 is 0.591 bits per heavy atom. The number of halogens is 6. The summed E-state index contributed by atoms with van der Waals surface area (Å²) >= 11 is 0. The first-order valence-corrected chi connectivity index (χ1v) is 22.1. The molecule has 0 saturated heterocycles. The second-order valence-electron chi connectivity index (χ2n) is 16.3. The number of unbranched alkanes of at least 4 members (excludes halogenated alkanes) is 4. The van der Waals surface area contributed by atoms with E-state index in [0.717, 1.165) is 50.7 Å². The molecule has 1 unspecified atom stereocenters. The van der Waals surface area contributed by atoms with E-state index in [0.29, 0.717) is 30.4 Å². The van der Waals surface area contributed by atoms with Crippen molar-refractivity contribution in [1.82, 2.24) is 0 Å². The van der Waals surface area contributed by atoms with Gasteiger partial charge in [0.05, 0.1) is 28.2 Å². The number of alkyl halides is 6. The average Bonchev–Trinajstić information content (AvgIpc) is 3.28. The molecule has 2 heterocycles. The van der Waals surface area contributed by atoms with Crippen LogP contribution in [0, 0.1) is 5.92 Å². The number of rotatable bonds is 21. The summed E-state index contributed by atoms with van der Waals surface area (Å²) in [7, 11) is 0. The maximum atomic E-state index is 14.4. The van der Waals surface area contributed by atoms with Gasteiger partial charge in [0.15, 0.2) is 6.79 Å². The number of carbonyl (C=O) groups excluding carboxylic acids is 1. The molecule has 4 aromatic carbocycles. The SMILES string of the molecule is CCCCCc1ccc(-c2cc3cc(OCC(COc4ccc5oc(=O)c(-c6ccc(CCCCC)cc6C(F)(F)F)cc5c4)OCOC(=O)C(C)CC)ccc3oc2=O)c(C(F)(F)F)c1. The van der Waals surface area contributed by atoms with Crippen LogP contribution in [0.25, 0.3) is 44.2 Å². The van der Waals surface area contributed by atoms with Crippen molar-refractivity contribution in [3.8, 4) is 33.8 Å². The van der Waals surface area contributed by atoms with Crippen molar-refractivity contribution in [2.75, 3.05) is 20.0 Å². The summed E-state index contributed by atoms with van der Waals surface area (Å²) in [5, 5.41) is 0.566. The van der Waals surface area contributed by atoms with Crippen LogP contribution in [-0.2, 0) is 39.5 Å². The Hall–Kier alpha value is -6.09. The van der Waals surface area contributed by atoms with Crippen LogP contribution in [0.15, 0.2) is 103 Å². The van der Waals surface area contributed by atoms with Crippen molar-refractivity contribution in [2.24, 2.45) is 5.92 Å². The Bertz CT molecular complexity index is 2560. The molecule has 1 atom stereocenters. The molecule has 0 aliphatic heterocycles. The summed E-state index contributed by atoms with van der Waals surface area (Å²) < 4.78 is 120. The summed E-state index contributed by atoms with van der Waals surface area (Å²) in [5.74, 6) is -0.418. The first-order valence-electron chi connectivity index (χ1n) is 22.1. The van der Waals surface area contributed by atoms with E-state index in [-0.39, 0.29) is 68.9 Å². The molecule has 0 spiro atoms. The van der Waals surface area contributed by atoms with E-state index in [1.165, 1.54) is 60.7 Å². The van der Waals surface area contributed by atoms with Crippen LogP contribution in [0.4, 0.5) is 26.3 Å². The van der Waals surface area contributed by atoms with Crippen molar-refractivity contribution >= 4 is 27.9 Å². The number of aryl methyl sites for hydroxylation is 2. The fraction of sp³-hybridized carbons (Fsp3) is 0.392. The van der Waals surface area contributed by atoms with Crippen molar-refractivity contribution in [3.63, 3.8) is 0 Å². The molecule has 9 nitrogen and oxygen atoms in total. The number of hydrogen-bond donors (Lipinski definition) is 0. The second kappa shape index (κ2) is 21.9. The highest BCUT2D eigenvalue weighted by Gasteiger charge is 2.36. The maximum Gasteiger partial charge on any atom is 0.417 e. The van der Waals surface area contributed by atoms with Gasteiger partial charge >= 0.3 is 29.6 Å². The third kappa shape index (κ3) is 12.6. The minimum Gasteiger partial charge on any atom is -0.491 e. The second-order valence-corrected chi connectivity index (χ2v) is 16.3. The molecule has 0 radical (unpaired) electrons. The molecule has 352 valence electrons. The van der Waals surface area contributed by atoms with Crippen LogP contribution in [0.2, 0.25) is 0 Å². The van der Waals surface area contributed by atoms with Gasteiger partial charge in [-0.2, -0.15) is 26.3 Å². The summed E-state index contributed by atoms with van der Waals surface area (Å²) in [6.45, 7) is 6.67. The van der Waals surface area contributed by atoms with E-state index < -0.39 is 59.5 Å². The highest BCUT2D eigenvalue weighted by atomic mass is 19.4. The molecule has 0 fully saturated rings. The molecule has 0 bridgehead atoms. The smallest absolute Gasteiger partial charge is 0.417 e. The van der Waals surface area contributed by atoms with Gasteiger partial charge in [-0.25, -0.2) is 9.59 Å². The Balaban J connectivity index is 1.23. The summed E-state index contributed by atoms with van der Waals surface area (Å²) in [6, 6.07) is 19.4. The Labute approximate surface area is 377 Å². The number of ether oxygens (including phenoxy) is 4. The van der Waals surface area contributed by atoms with Gasteiger partial charge < -0.3 is 27.8 Å². The molecule has 0 saturated carbocycles. The number of carbonyl (C=O) groups is 1. The normalized spacial score (nSPS) is 12.5. The van der Waals surface area contributed by atoms with E-state index in [2.05, 4.69) is 0 Å². The average molecular weight is 923 g/mol. The highest BCUT2D eigenvalue weighted by Crippen LogP contribution is 2.40. The van der Waals surface area contributed by atoms with Crippen LogP contribution in [-0.4, -0.2) is 32.1 Å². The lowest BCUT2D eigenvalue weighted by atomic mass is 9.95. The zero-order chi connectivity index (χ0) is 47.6. The van der Waals surface area contributed by atoms with E-state index in [9.17, 15) is 40.7 Å². The van der Waals surface area contributed by atoms with Gasteiger partial charge in [0.1, 0.15) is 42.0 Å². The number of benzene rings is 4. The molecule has 0 N–H and O–H groups in total. The van der Waals surface area contributed by atoms with Crippen molar-refractivity contribution in [1.29, 1.82) is 0 Å². The Morgan fingerprint density at radius 3 is 1.45 bits per heavy atom. The van der Waals surface area contributed by atoms with Gasteiger partial charge in [-0.15, -0.1) is 0 Å². The molecular weight excluding hydrogens is 871 g/mol. The third-order valence-corrected chi connectivity index (χ3v) is 11.3. The topological polar surface area (TPSA) is 114 Å². The standard InChI is InChI=1S/C51H52F6O9/c1-5-8-10-12-32-14-18-39(43(22-32)50(52,53)54)41-26-34-24-36(16-20-45(34)65-48(41)59)61-28-38(63-30-64-47(58)31(4)7-3)29-62-37-17-21-46-35(25-37)27-42(49(60)66-46)40-19-15-33(13-11-9-6-2)23-44(40)51(55,56)57/h14-27,31,38H,5-13,28-30H2,1-4H3. The molecular formula is C51H52F6O9. The molecule has 0 amide bonds. The summed E-state index contributed by atoms with van der Waals surface area (Å²) in [5.41, 5.74) is -3.71. The lowest BCUT2D eigenvalue weighted by Gasteiger charge is -2.20. The third-order valence-electron chi connectivity index (χ3n) is 11.3. The molecule has 15 heteroatoms. The number of esters is 1. The molecule has 0 aliphatic rings. The first kappa shape index (κ1) is 49.3. The van der Waals surface area contributed by atoms with E-state index in [1.807, 2.05) is 20.8 Å². The fourth-order valence-electron chi connectivity index (χ4n) is 7.37. The minimum atomic E-state index is -4.74. The quantitative estimate of drug-likeness (QED) is 0.0229. The predicted molar refractivity (Wildman–Crippen MR) is 239 cm³/mol. The summed E-state index contributed by atoms with van der Waals surface area (Å²) in [6.07, 6.45) is -3.91. The Morgan fingerprint density at radius 2 is 1.05 bits per heavy atom.